The molecule has 0 heterocycles. The van der Waals surface area contributed by atoms with Crippen LogP contribution in [0.15, 0.2) is 24.3 Å². The molecule has 0 aliphatic heterocycles. The zero-order chi connectivity index (χ0) is 21.3. The fourth-order valence-electron chi connectivity index (χ4n) is 2.51. The molecule has 0 aliphatic carbocycles. The first-order chi connectivity index (χ1) is 13.0. The van der Waals surface area contributed by atoms with E-state index in [0.29, 0.717) is 5.56 Å². The van der Waals surface area contributed by atoms with Crippen LogP contribution in [-0.2, 0) is 31.9 Å². The van der Waals surface area contributed by atoms with Gasteiger partial charge in [-0.3, -0.25) is 4.79 Å². The highest BCUT2D eigenvalue weighted by molar-refractivity contribution is 7.88. The molecule has 0 saturated carbocycles. The van der Waals surface area contributed by atoms with Gasteiger partial charge in [-0.15, -0.1) is 0 Å². The predicted molar refractivity (Wildman–Crippen MR) is 108 cm³/mol. The van der Waals surface area contributed by atoms with Crippen molar-refractivity contribution >= 4 is 22.0 Å². The van der Waals surface area contributed by atoms with Crippen LogP contribution in [0.5, 0.6) is 0 Å². The lowest BCUT2D eigenvalue weighted by Crippen LogP contribution is -2.49. The van der Waals surface area contributed by atoms with Crippen molar-refractivity contribution in [3.8, 4) is 0 Å². The summed E-state index contributed by atoms with van der Waals surface area (Å²) < 4.78 is 31.3. The first-order valence-corrected chi connectivity index (χ1v) is 11.0. The molecular formula is C19H31N3O5S. The van der Waals surface area contributed by atoms with Crippen LogP contribution >= 0.6 is 0 Å². The molecule has 0 fully saturated rings. The first-order valence-electron chi connectivity index (χ1n) is 9.33. The molecule has 158 valence electrons. The number of ether oxygens (including phenoxy) is 1. The number of hydrogen-bond acceptors (Lipinski definition) is 5. The summed E-state index contributed by atoms with van der Waals surface area (Å²) in [6.45, 7) is 9.39. The van der Waals surface area contributed by atoms with E-state index in [0.717, 1.165) is 5.56 Å². The molecule has 3 N–H and O–H groups in total. The number of sulfonamides is 1. The average Bonchev–Trinajstić information content (AvgIpc) is 2.57. The Balaban J connectivity index is 2.64. The molecule has 0 aromatic heterocycles. The third-order valence-corrected chi connectivity index (χ3v) is 5.30. The quantitative estimate of drug-likeness (QED) is 0.542. The highest BCUT2D eigenvalue weighted by Gasteiger charge is 2.24. The SMILES string of the molecule is CCOC(=O)NC(C(=O)NCc1ccc(CS(=O)(=O)NC(C)C)cc1)C(C)C. The molecule has 1 aromatic carbocycles. The number of carbonyl (C=O) groups excluding carboxylic acids is 2. The lowest BCUT2D eigenvalue weighted by Gasteiger charge is -2.21. The predicted octanol–water partition coefficient (Wildman–Crippen LogP) is 1.90. The maximum atomic E-state index is 12.4. The smallest absolute Gasteiger partial charge is 0.407 e. The lowest BCUT2D eigenvalue weighted by atomic mass is 10.0. The van der Waals surface area contributed by atoms with Gasteiger partial charge in [0.1, 0.15) is 6.04 Å². The van der Waals surface area contributed by atoms with E-state index >= 15 is 0 Å². The van der Waals surface area contributed by atoms with Gasteiger partial charge in [-0.1, -0.05) is 38.1 Å². The summed E-state index contributed by atoms with van der Waals surface area (Å²) in [6, 6.07) is 6.12. The van der Waals surface area contributed by atoms with E-state index in [1.165, 1.54) is 0 Å². The maximum Gasteiger partial charge on any atom is 0.407 e. The van der Waals surface area contributed by atoms with Gasteiger partial charge in [0.25, 0.3) is 0 Å². The third kappa shape index (κ3) is 8.71. The standard InChI is InChI=1S/C19H31N3O5S/c1-6-27-19(24)21-17(13(2)3)18(23)20-11-15-7-9-16(10-8-15)12-28(25,26)22-14(4)5/h7-10,13-14,17,22H,6,11-12H2,1-5H3,(H,20,23)(H,21,24). The van der Waals surface area contributed by atoms with Gasteiger partial charge in [0, 0.05) is 12.6 Å². The van der Waals surface area contributed by atoms with E-state index in [-0.39, 0.29) is 36.8 Å². The zero-order valence-electron chi connectivity index (χ0n) is 17.1. The Hall–Kier alpha value is -2.13. The van der Waals surface area contributed by atoms with E-state index in [9.17, 15) is 18.0 Å². The van der Waals surface area contributed by atoms with Gasteiger partial charge in [-0.2, -0.15) is 0 Å². The average molecular weight is 414 g/mol. The molecule has 0 spiro atoms. The largest absolute Gasteiger partial charge is 0.450 e. The third-order valence-electron chi connectivity index (χ3n) is 3.76. The molecule has 8 nitrogen and oxygen atoms in total. The molecule has 2 amide bonds. The van der Waals surface area contributed by atoms with Gasteiger partial charge >= 0.3 is 6.09 Å². The normalized spacial score (nSPS) is 12.7. The summed E-state index contributed by atoms with van der Waals surface area (Å²) in [5.41, 5.74) is 1.48. The number of hydrogen-bond donors (Lipinski definition) is 3. The minimum atomic E-state index is -3.38. The summed E-state index contributed by atoms with van der Waals surface area (Å²) in [4.78, 5) is 24.0. The number of carbonyl (C=O) groups is 2. The molecule has 0 bridgehead atoms. The van der Waals surface area contributed by atoms with Gasteiger partial charge in [-0.25, -0.2) is 17.9 Å². The second kappa shape index (κ2) is 11.0. The Bertz CT molecular complexity index is 745. The number of nitrogens with one attached hydrogen (secondary N) is 3. The van der Waals surface area contributed by atoms with Gasteiger partial charge in [0.05, 0.1) is 12.4 Å². The van der Waals surface area contributed by atoms with Crippen molar-refractivity contribution in [3.63, 3.8) is 0 Å². The molecule has 1 rings (SSSR count). The fourth-order valence-corrected chi connectivity index (χ4v) is 3.94. The minimum Gasteiger partial charge on any atom is -0.450 e. The van der Waals surface area contributed by atoms with Crippen LogP contribution in [0.25, 0.3) is 0 Å². The highest BCUT2D eigenvalue weighted by Crippen LogP contribution is 2.09. The van der Waals surface area contributed by atoms with Crippen molar-refractivity contribution < 1.29 is 22.7 Å². The molecule has 0 aliphatic rings. The van der Waals surface area contributed by atoms with E-state index in [4.69, 9.17) is 4.74 Å². The Labute approximate surface area is 167 Å². The van der Waals surface area contributed by atoms with Crippen LogP contribution < -0.4 is 15.4 Å². The van der Waals surface area contributed by atoms with Gasteiger partial charge in [0.2, 0.25) is 15.9 Å². The summed E-state index contributed by atoms with van der Waals surface area (Å²) >= 11 is 0. The van der Waals surface area contributed by atoms with E-state index in [1.807, 2.05) is 13.8 Å². The summed E-state index contributed by atoms with van der Waals surface area (Å²) in [5.74, 6) is -0.516. The van der Waals surface area contributed by atoms with Gasteiger partial charge in [0.15, 0.2) is 0 Å². The first kappa shape index (κ1) is 23.9. The monoisotopic (exact) mass is 413 g/mol. The molecule has 0 radical (unpaired) electrons. The summed E-state index contributed by atoms with van der Waals surface area (Å²) in [6.07, 6.45) is -0.628. The second-order valence-electron chi connectivity index (χ2n) is 7.15. The number of alkyl carbamates (subject to hydrolysis) is 1. The van der Waals surface area contributed by atoms with Crippen LogP contribution in [0.3, 0.4) is 0 Å². The molecule has 1 aromatic rings. The fraction of sp³-hybridized carbons (Fsp3) is 0.579. The van der Waals surface area contributed by atoms with E-state index in [2.05, 4.69) is 15.4 Å². The summed E-state index contributed by atoms with van der Waals surface area (Å²) in [7, 11) is -3.38. The zero-order valence-corrected chi connectivity index (χ0v) is 17.9. The molecule has 1 unspecified atom stereocenters. The van der Waals surface area contributed by atoms with Crippen molar-refractivity contribution in [2.45, 2.75) is 59.0 Å². The van der Waals surface area contributed by atoms with Gasteiger partial charge in [-0.05, 0) is 37.8 Å². The molecule has 28 heavy (non-hydrogen) atoms. The molecule has 1 atom stereocenters. The van der Waals surface area contributed by atoms with E-state index < -0.39 is 22.2 Å². The Kier molecular flexibility index (Phi) is 9.40. The molecular weight excluding hydrogens is 382 g/mol. The minimum absolute atomic E-state index is 0.100. The van der Waals surface area contributed by atoms with Crippen molar-refractivity contribution in [2.24, 2.45) is 5.92 Å². The highest BCUT2D eigenvalue weighted by atomic mass is 32.2. The summed E-state index contributed by atoms with van der Waals surface area (Å²) in [5, 5.41) is 5.34. The maximum absolute atomic E-state index is 12.4. The van der Waals surface area contributed by atoms with Crippen molar-refractivity contribution in [1.82, 2.24) is 15.4 Å². The topological polar surface area (TPSA) is 114 Å². The Morgan fingerprint density at radius 2 is 1.61 bits per heavy atom. The number of rotatable bonds is 10. The Morgan fingerprint density at radius 1 is 1.04 bits per heavy atom. The molecule has 9 heteroatoms. The lowest BCUT2D eigenvalue weighted by molar-refractivity contribution is -0.124. The van der Waals surface area contributed by atoms with Crippen LogP contribution in [0.2, 0.25) is 0 Å². The van der Waals surface area contributed by atoms with Crippen LogP contribution in [0.1, 0.15) is 45.7 Å². The van der Waals surface area contributed by atoms with Crippen molar-refractivity contribution in [1.29, 1.82) is 0 Å². The van der Waals surface area contributed by atoms with Gasteiger partial charge < -0.3 is 15.4 Å². The molecule has 0 saturated heterocycles. The van der Waals surface area contributed by atoms with E-state index in [1.54, 1.807) is 45.0 Å². The second-order valence-corrected chi connectivity index (χ2v) is 8.91. The van der Waals surface area contributed by atoms with Crippen LogP contribution in [-0.4, -0.2) is 39.1 Å². The van der Waals surface area contributed by atoms with Crippen molar-refractivity contribution in [2.75, 3.05) is 6.61 Å². The number of benzene rings is 1. The van der Waals surface area contributed by atoms with Crippen LogP contribution in [0.4, 0.5) is 4.79 Å². The Morgan fingerprint density at radius 3 is 2.11 bits per heavy atom. The van der Waals surface area contributed by atoms with Crippen molar-refractivity contribution in [3.05, 3.63) is 35.4 Å². The van der Waals surface area contributed by atoms with Crippen LogP contribution in [0, 0.1) is 5.92 Å². The number of amides is 2.